The predicted octanol–water partition coefficient (Wildman–Crippen LogP) is 3.06. The molecule has 0 saturated carbocycles. The number of carbonyl (C=O) groups is 1. The van der Waals surface area contributed by atoms with E-state index in [1.165, 1.54) is 40.9 Å². The Morgan fingerprint density at radius 3 is 2.68 bits per heavy atom. The van der Waals surface area contributed by atoms with Gasteiger partial charge in [-0.05, 0) is 29.8 Å². The molecule has 2 N–H and O–H groups in total. The molecule has 1 amide bonds. The van der Waals surface area contributed by atoms with Gasteiger partial charge in [0.25, 0.3) is 0 Å². The molecule has 1 aliphatic heterocycles. The highest BCUT2D eigenvalue weighted by Crippen LogP contribution is 2.35. The number of thioether (sulfide) groups is 1. The van der Waals surface area contributed by atoms with Gasteiger partial charge in [-0.25, -0.2) is 9.37 Å². The van der Waals surface area contributed by atoms with Crippen LogP contribution in [0.4, 0.5) is 10.1 Å². The maximum absolute atomic E-state index is 13.1. The molecule has 0 fully saturated rings. The topological polar surface area (TPSA) is 70.2 Å². The van der Waals surface area contributed by atoms with Gasteiger partial charge in [-0.15, -0.1) is 0 Å². The lowest BCUT2D eigenvalue weighted by atomic mass is 9.92. The number of nitrogens with one attached hydrogen (secondary N) is 2. The van der Waals surface area contributed by atoms with Gasteiger partial charge in [0.15, 0.2) is 0 Å². The zero-order chi connectivity index (χ0) is 21.8. The third-order valence-corrected chi connectivity index (χ3v) is 6.24. The number of anilines is 1. The Morgan fingerprint density at radius 2 is 1.97 bits per heavy atom. The van der Waals surface area contributed by atoms with E-state index < -0.39 is 0 Å². The first-order chi connectivity index (χ1) is 15.0. The van der Waals surface area contributed by atoms with Crippen LogP contribution in [-0.4, -0.2) is 30.2 Å². The van der Waals surface area contributed by atoms with Crippen LogP contribution in [-0.2, 0) is 17.8 Å². The van der Waals surface area contributed by atoms with Crippen molar-refractivity contribution in [2.75, 3.05) is 24.7 Å². The van der Waals surface area contributed by atoms with Crippen LogP contribution in [0.1, 0.15) is 16.8 Å². The highest BCUT2D eigenvalue weighted by molar-refractivity contribution is 8.00. The number of likely N-dealkylation sites (N-methyl/N-ethyl adjacent to an activating group) is 1. The van der Waals surface area contributed by atoms with Gasteiger partial charge in [0.2, 0.25) is 5.91 Å². The number of fused-ring (bicyclic) bond motifs is 1. The van der Waals surface area contributed by atoms with Crippen molar-refractivity contribution in [3.8, 4) is 17.2 Å². The smallest absolute Gasteiger partial charge is 0.234 e. The third-order valence-electron chi connectivity index (χ3n) is 5.26. The van der Waals surface area contributed by atoms with Crippen molar-refractivity contribution in [2.24, 2.45) is 0 Å². The molecule has 31 heavy (non-hydrogen) atoms. The quantitative estimate of drug-likeness (QED) is 0.607. The van der Waals surface area contributed by atoms with Gasteiger partial charge in [-0.2, -0.15) is 5.26 Å². The molecular weight excluding hydrogens is 411 g/mol. The number of nitrogens with zero attached hydrogens (tertiary/aromatic N) is 2. The average molecular weight is 434 g/mol. The number of aromatic nitrogens is 1. The molecule has 1 aromatic heterocycles. The van der Waals surface area contributed by atoms with Gasteiger partial charge in [0.05, 0.1) is 30.6 Å². The number of pyridine rings is 1. The second-order valence-corrected chi connectivity index (χ2v) is 8.51. The fourth-order valence-electron chi connectivity index (χ4n) is 3.76. The summed E-state index contributed by atoms with van der Waals surface area (Å²) in [6.07, 6.45) is 0.835. The van der Waals surface area contributed by atoms with Gasteiger partial charge < -0.3 is 10.2 Å². The average Bonchev–Trinajstić information content (AvgIpc) is 2.79. The summed E-state index contributed by atoms with van der Waals surface area (Å²) in [7, 11) is 2.15. The number of benzene rings is 2. The normalized spacial score (nSPS) is 15.1. The number of hydrogen-bond acceptors (Lipinski definition) is 4. The van der Waals surface area contributed by atoms with Crippen molar-refractivity contribution in [1.29, 1.82) is 5.26 Å². The van der Waals surface area contributed by atoms with Crippen molar-refractivity contribution in [2.45, 2.75) is 18.0 Å². The lowest BCUT2D eigenvalue weighted by Gasteiger charge is -2.25. The summed E-state index contributed by atoms with van der Waals surface area (Å²) < 4.78 is 13.1. The number of halogens is 1. The molecule has 0 aliphatic carbocycles. The summed E-state index contributed by atoms with van der Waals surface area (Å²) in [6.45, 7) is 1.80. The van der Waals surface area contributed by atoms with Crippen molar-refractivity contribution in [1.82, 2.24) is 4.98 Å². The molecular formula is C24H22FN4OS+. The molecule has 156 valence electrons. The van der Waals surface area contributed by atoms with Crippen molar-refractivity contribution >= 4 is 23.4 Å². The summed E-state index contributed by atoms with van der Waals surface area (Å²) in [6, 6.07) is 17.9. The van der Waals surface area contributed by atoms with Crippen LogP contribution in [0.25, 0.3) is 11.1 Å². The summed E-state index contributed by atoms with van der Waals surface area (Å²) in [5, 5.41) is 13.3. The molecule has 5 nitrogen and oxygen atoms in total. The summed E-state index contributed by atoms with van der Waals surface area (Å²) in [5.74, 6) is -0.479. The molecule has 0 saturated heterocycles. The zero-order valence-corrected chi connectivity index (χ0v) is 17.9. The Morgan fingerprint density at radius 1 is 1.23 bits per heavy atom. The van der Waals surface area contributed by atoms with E-state index in [-0.39, 0.29) is 17.5 Å². The van der Waals surface area contributed by atoms with E-state index in [0.29, 0.717) is 16.3 Å². The number of carbonyl (C=O) groups excluding carboxylic acids is 1. The van der Waals surface area contributed by atoms with Gasteiger partial charge in [0.1, 0.15) is 23.5 Å². The lowest BCUT2D eigenvalue weighted by molar-refractivity contribution is -0.895. The van der Waals surface area contributed by atoms with Gasteiger partial charge in [-0.3, -0.25) is 4.79 Å². The Balaban J connectivity index is 1.64. The highest BCUT2D eigenvalue weighted by Gasteiger charge is 2.27. The first-order valence-electron chi connectivity index (χ1n) is 10.1. The standard InChI is InChI=1S/C24H21FN4OS/c1-29-12-11-21-20(14-29)23(16-5-3-2-4-6-16)19(13-26)24(28-21)31-15-22(30)27-18-9-7-17(25)8-10-18/h2-10H,11-12,14-15H2,1H3,(H,27,30)/p+1. The third kappa shape index (κ3) is 4.76. The van der Waals surface area contributed by atoms with E-state index in [0.717, 1.165) is 41.9 Å². The molecule has 1 aliphatic rings. The van der Waals surface area contributed by atoms with E-state index in [2.05, 4.69) is 18.4 Å². The van der Waals surface area contributed by atoms with E-state index in [1.807, 2.05) is 30.3 Å². The summed E-state index contributed by atoms with van der Waals surface area (Å²) >= 11 is 1.26. The molecule has 1 unspecified atom stereocenters. The van der Waals surface area contributed by atoms with Crippen LogP contribution in [0.3, 0.4) is 0 Å². The second-order valence-electron chi connectivity index (χ2n) is 7.55. The first-order valence-corrected chi connectivity index (χ1v) is 11.0. The predicted molar refractivity (Wildman–Crippen MR) is 119 cm³/mol. The molecule has 0 bridgehead atoms. The monoisotopic (exact) mass is 433 g/mol. The minimum absolute atomic E-state index is 0.108. The Kier molecular flexibility index (Phi) is 6.31. The minimum atomic E-state index is -0.356. The number of quaternary nitrogens is 1. The van der Waals surface area contributed by atoms with Crippen LogP contribution in [0.15, 0.2) is 59.6 Å². The fourth-order valence-corrected chi connectivity index (χ4v) is 4.57. The number of nitriles is 1. The molecule has 2 heterocycles. The first kappa shape index (κ1) is 21.0. The van der Waals surface area contributed by atoms with E-state index in [9.17, 15) is 14.4 Å². The van der Waals surface area contributed by atoms with Crippen LogP contribution in [0.2, 0.25) is 0 Å². The molecule has 1 atom stereocenters. The second kappa shape index (κ2) is 9.29. The van der Waals surface area contributed by atoms with E-state index >= 15 is 0 Å². The molecule has 0 spiro atoms. The van der Waals surface area contributed by atoms with Crippen LogP contribution >= 0.6 is 11.8 Å². The summed E-state index contributed by atoms with van der Waals surface area (Å²) in [4.78, 5) is 18.6. The largest absolute Gasteiger partial charge is 0.333 e. The Labute approximate surface area is 184 Å². The van der Waals surface area contributed by atoms with E-state index in [4.69, 9.17) is 4.98 Å². The van der Waals surface area contributed by atoms with Crippen molar-refractivity contribution < 1.29 is 14.1 Å². The van der Waals surface area contributed by atoms with Gasteiger partial charge in [0, 0.05) is 23.2 Å². The Hall–Kier alpha value is -3.21. The Bertz CT molecular complexity index is 1140. The van der Waals surface area contributed by atoms with Crippen LogP contribution in [0, 0.1) is 17.1 Å². The van der Waals surface area contributed by atoms with Crippen LogP contribution in [0.5, 0.6) is 0 Å². The van der Waals surface area contributed by atoms with Crippen molar-refractivity contribution in [3.05, 3.63) is 77.2 Å². The minimum Gasteiger partial charge on any atom is -0.333 e. The molecule has 0 radical (unpaired) electrons. The number of hydrogen-bond donors (Lipinski definition) is 2. The summed E-state index contributed by atoms with van der Waals surface area (Å²) in [5.41, 5.74) is 5.08. The molecule has 2 aromatic carbocycles. The fraction of sp³-hybridized carbons (Fsp3) is 0.208. The van der Waals surface area contributed by atoms with Gasteiger partial charge >= 0.3 is 0 Å². The highest BCUT2D eigenvalue weighted by atomic mass is 32.2. The van der Waals surface area contributed by atoms with Crippen LogP contribution < -0.4 is 10.2 Å². The maximum Gasteiger partial charge on any atom is 0.234 e. The zero-order valence-electron chi connectivity index (χ0n) is 17.1. The molecule has 4 rings (SSSR count). The van der Waals surface area contributed by atoms with Gasteiger partial charge in [-0.1, -0.05) is 42.1 Å². The molecule has 7 heteroatoms. The SMILES string of the molecule is C[NH+]1CCc2nc(SCC(=O)Nc3ccc(F)cc3)c(C#N)c(-c3ccccc3)c2C1. The van der Waals surface area contributed by atoms with Crippen molar-refractivity contribution in [3.63, 3.8) is 0 Å². The lowest BCUT2D eigenvalue weighted by Crippen LogP contribution is -3.08. The number of amides is 1. The maximum atomic E-state index is 13.1. The van der Waals surface area contributed by atoms with E-state index in [1.54, 1.807) is 0 Å². The number of rotatable bonds is 5. The molecule has 3 aromatic rings.